The minimum absolute atomic E-state index is 0.606. The van der Waals surface area contributed by atoms with Crippen molar-refractivity contribution in [1.29, 1.82) is 0 Å². The van der Waals surface area contributed by atoms with Gasteiger partial charge in [0.25, 0.3) is 0 Å². The largest absolute Gasteiger partial charge is 0.0827 e. The Morgan fingerprint density at radius 2 is 1.20 bits per heavy atom. The van der Waals surface area contributed by atoms with Crippen LogP contribution in [0.2, 0.25) is 10.0 Å². The molecule has 0 aromatic heterocycles. The first-order chi connectivity index (χ1) is 4.80. The highest BCUT2D eigenvalue weighted by molar-refractivity contribution is 6.41. The molecule has 0 heterocycles. The molecule has 0 saturated heterocycles. The van der Waals surface area contributed by atoms with Crippen molar-refractivity contribution in [1.82, 2.24) is 0 Å². The van der Waals surface area contributed by atoms with Gasteiger partial charge in [-0.3, -0.25) is 0 Å². The van der Waals surface area contributed by atoms with E-state index < -0.39 is 0 Å². The molecule has 1 aromatic rings. The van der Waals surface area contributed by atoms with Crippen molar-refractivity contribution in [3.05, 3.63) is 34.3 Å². The molecule has 10 heavy (non-hydrogen) atoms. The molecular formula is C8H10Cl2. The van der Waals surface area contributed by atoms with Crippen LogP contribution in [0.5, 0.6) is 0 Å². The van der Waals surface area contributed by atoms with Crippen LogP contribution in [0, 0.1) is 0 Å². The second-order valence-electron chi connectivity index (χ2n) is 1.41. The first-order valence-corrected chi connectivity index (χ1v) is 3.96. The van der Waals surface area contributed by atoms with Gasteiger partial charge < -0.3 is 0 Å². The van der Waals surface area contributed by atoms with Gasteiger partial charge in [-0.2, -0.15) is 0 Å². The molecule has 1 rings (SSSR count). The van der Waals surface area contributed by atoms with Gasteiger partial charge in [0.2, 0.25) is 0 Å². The predicted octanol–water partition coefficient (Wildman–Crippen LogP) is 4.02. The molecule has 0 aliphatic carbocycles. The maximum atomic E-state index is 5.58. The van der Waals surface area contributed by atoms with E-state index in [9.17, 15) is 0 Å². The van der Waals surface area contributed by atoms with E-state index in [0.717, 1.165) is 0 Å². The number of halogens is 2. The Balaban J connectivity index is 0.000000371. The van der Waals surface area contributed by atoms with Gasteiger partial charge in [-0.1, -0.05) is 49.2 Å². The monoisotopic (exact) mass is 176 g/mol. The van der Waals surface area contributed by atoms with E-state index in [0.29, 0.717) is 10.0 Å². The van der Waals surface area contributed by atoms with Gasteiger partial charge in [0, 0.05) is 0 Å². The molecule has 0 N–H and O–H groups in total. The molecule has 0 saturated carbocycles. The second-order valence-corrected chi connectivity index (χ2v) is 2.23. The smallest absolute Gasteiger partial charge is 0.0592 e. The lowest BCUT2D eigenvalue weighted by atomic mass is 10.4. The van der Waals surface area contributed by atoms with E-state index in [2.05, 4.69) is 0 Å². The Bertz CT molecular complexity index is 163. The average molecular weight is 177 g/mol. The molecule has 0 spiro atoms. The lowest BCUT2D eigenvalue weighted by Crippen LogP contribution is -1.62. The summed E-state index contributed by atoms with van der Waals surface area (Å²) in [5, 5.41) is 1.21. The van der Waals surface area contributed by atoms with E-state index in [-0.39, 0.29) is 0 Å². The Hall–Kier alpha value is -0.200. The fraction of sp³-hybridized carbons (Fsp3) is 0.250. The minimum Gasteiger partial charge on any atom is -0.0827 e. The summed E-state index contributed by atoms with van der Waals surface area (Å²) in [6, 6.07) is 7.19. The fourth-order valence-electron chi connectivity index (χ4n) is 0.439. The summed E-state index contributed by atoms with van der Waals surface area (Å²) in [6.45, 7) is 4.00. The Kier molecular flexibility index (Phi) is 5.46. The van der Waals surface area contributed by atoms with Crippen LogP contribution in [0.4, 0.5) is 0 Å². The molecule has 2 heteroatoms. The minimum atomic E-state index is 0.606. The standard InChI is InChI=1S/C6H4Cl2.C2H6/c7-5-3-1-2-4-6(5)8;1-2/h1-4H;1-2H3. The molecule has 0 unspecified atom stereocenters. The van der Waals surface area contributed by atoms with Crippen molar-refractivity contribution in [3.8, 4) is 0 Å². The molecule has 0 atom stereocenters. The third-order valence-corrected chi connectivity index (χ3v) is 1.58. The number of benzene rings is 1. The van der Waals surface area contributed by atoms with Gasteiger partial charge >= 0.3 is 0 Å². The van der Waals surface area contributed by atoms with Crippen LogP contribution in [0.15, 0.2) is 24.3 Å². The first-order valence-electron chi connectivity index (χ1n) is 3.21. The fourth-order valence-corrected chi connectivity index (χ4v) is 0.711. The molecule has 0 nitrogen and oxygen atoms in total. The highest BCUT2D eigenvalue weighted by atomic mass is 35.5. The van der Waals surface area contributed by atoms with Gasteiger partial charge in [-0.05, 0) is 12.1 Å². The first kappa shape index (κ1) is 9.80. The van der Waals surface area contributed by atoms with Gasteiger partial charge in [-0.15, -0.1) is 0 Å². The summed E-state index contributed by atoms with van der Waals surface area (Å²) >= 11 is 11.2. The van der Waals surface area contributed by atoms with Gasteiger partial charge in [-0.25, -0.2) is 0 Å². The van der Waals surface area contributed by atoms with Crippen LogP contribution in [0.1, 0.15) is 13.8 Å². The highest BCUT2D eigenvalue weighted by Gasteiger charge is 1.89. The van der Waals surface area contributed by atoms with Crippen molar-refractivity contribution < 1.29 is 0 Å². The van der Waals surface area contributed by atoms with Gasteiger partial charge in [0.15, 0.2) is 0 Å². The van der Waals surface area contributed by atoms with Crippen LogP contribution in [-0.4, -0.2) is 0 Å². The summed E-state index contributed by atoms with van der Waals surface area (Å²) in [4.78, 5) is 0. The van der Waals surface area contributed by atoms with E-state index >= 15 is 0 Å². The Morgan fingerprint density at radius 1 is 0.900 bits per heavy atom. The van der Waals surface area contributed by atoms with Crippen LogP contribution in [-0.2, 0) is 0 Å². The molecular weight excluding hydrogens is 167 g/mol. The molecule has 56 valence electrons. The maximum Gasteiger partial charge on any atom is 0.0592 e. The van der Waals surface area contributed by atoms with E-state index in [4.69, 9.17) is 23.2 Å². The SMILES string of the molecule is CC.Clc1ccccc1Cl. The van der Waals surface area contributed by atoms with Crippen molar-refractivity contribution in [3.63, 3.8) is 0 Å². The van der Waals surface area contributed by atoms with Crippen molar-refractivity contribution >= 4 is 23.2 Å². The van der Waals surface area contributed by atoms with Crippen LogP contribution in [0.25, 0.3) is 0 Å². The molecule has 1 aromatic carbocycles. The van der Waals surface area contributed by atoms with E-state index in [1.807, 2.05) is 26.0 Å². The molecule has 0 aliphatic heterocycles. The lowest BCUT2D eigenvalue weighted by molar-refractivity contribution is 1.50. The van der Waals surface area contributed by atoms with Crippen LogP contribution < -0.4 is 0 Å². The quantitative estimate of drug-likeness (QED) is 0.561. The summed E-state index contributed by atoms with van der Waals surface area (Å²) in [5.74, 6) is 0. The predicted molar refractivity (Wildman–Crippen MR) is 47.8 cm³/mol. The molecule has 0 fully saturated rings. The summed E-state index contributed by atoms with van der Waals surface area (Å²) in [5.41, 5.74) is 0. The lowest BCUT2D eigenvalue weighted by Gasteiger charge is -1.88. The van der Waals surface area contributed by atoms with Gasteiger partial charge in [0.1, 0.15) is 0 Å². The molecule has 0 aliphatic rings. The van der Waals surface area contributed by atoms with Crippen molar-refractivity contribution in [2.45, 2.75) is 13.8 Å². The summed E-state index contributed by atoms with van der Waals surface area (Å²) < 4.78 is 0. The van der Waals surface area contributed by atoms with Crippen molar-refractivity contribution in [2.75, 3.05) is 0 Å². The topological polar surface area (TPSA) is 0 Å². The zero-order valence-corrected chi connectivity index (χ0v) is 7.58. The number of hydrogen-bond donors (Lipinski definition) is 0. The van der Waals surface area contributed by atoms with Gasteiger partial charge in [0.05, 0.1) is 10.0 Å². The summed E-state index contributed by atoms with van der Waals surface area (Å²) in [6.07, 6.45) is 0. The number of hydrogen-bond acceptors (Lipinski definition) is 0. The normalized spacial score (nSPS) is 8.00. The molecule has 0 radical (unpaired) electrons. The average Bonchev–Trinajstić information content (AvgIpc) is 2.00. The van der Waals surface area contributed by atoms with Crippen LogP contribution >= 0.6 is 23.2 Å². The Morgan fingerprint density at radius 3 is 1.40 bits per heavy atom. The summed E-state index contributed by atoms with van der Waals surface area (Å²) in [7, 11) is 0. The van der Waals surface area contributed by atoms with E-state index in [1.54, 1.807) is 12.1 Å². The Labute approximate surface area is 71.8 Å². The van der Waals surface area contributed by atoms with Crippen molar-refractivity contribution in [2.24, 2.45) is 0 Å². The maximum absolute atomic E-state index is 5.58. The molecule has 0 bridgehead atoms. The number of rotatable bonds is 0. The third-order valence-electron chi connectivity index (χ3n) is 0.824. The van der Waals surface area contributed by atoms with E-state index in [1.165, 1.54) is 0 Å². The zero-order chi connectivity index (χ0) is 7.98. The zero-order valence-electron chi connectivity index (χ0n) is 6.07. The third kappa shape index (κ3) is 3.09. The van der Waals surface area contributed by atoms with Crippen LogP contribution in [0.3, 0.4) is 0 Å². The second kappa shape index (κ2) is 5.57. The molecule has 0 amide bonds. The highest BCUT2D eigenvalue weighted by Crippen LogP contribution is 2.19.